The second-order valence-electron chi connectivity index (χ2n) is 12.4. The van der Waals surface area contributed by atoms with Crippen LogP contribution in [0.4, 0.5) is 29.6 Å². The number of nitrogens with one attached hydrogen (secondary N) is 3. The van der Waals surface area contributed by atoms with E-state index in [9.17, 15) is 17.6 Å². The number of aryl methyl sites for hydroxylation is 1. The van der Waals surface area contributed by atoms with Crippen LogP contribution in [0.2, 0.25) is 0 Å². The molecule has 1 saturated carbocycles. The Kier molecular flexibility index (Phi) is 9.38. The number of pyridine rings is 1. The second-order valence-corrected chi connectivity index (χ2v) is 14.1. The molecule has 1 aliphatic rings. The van der Waals surface area contributed by atoms with Crippen molar-refractivity contribution in [2.75, 3.05) is 10.0 Å². The molecule has 0 radical (unpaired) electrons. The number of hydrogen-bond donors (Lipinski definition) is 3. The lowest BCUT2D eigenvalue weighted by molar-refractivity contribution is 0.0492. The van der Waals surface area contributed by atoms with Gasteiger partial charge in [0.1, 0.15) is 28.6 Å². The smallest absolute Gasteiger partial charge is 0.407 e. The topological polar surface area (TPSA) is 135 Å². The third-order valence-electron chi connectivity index (χ3n) is 7.39. The molecule has 2 aromatic heterocycles. The zero-order valence-corrected chi connectivity index (χ0v) is 26.6. The third-order valence-corrected chi connectivity index (χ3v) is 8.63. The monoisotopic (exact) mass is 656 g/mol. The fourth-order valence-corrected chi connectivity index (χ4v) is 6.45. The summed E-state index contributed by atoms with van der Waals surface area (Å²) >= 11 is 0. The number of carbonyl (C=O) groups excluding carboxylic acids is 1. The van der Waals surface area contributed by atoms with Gasteiger partial charge in [-0.25, -0.2) is 41.3 Å². The third kappa shape index (κ3) is 8.42. The molecule has 0 bridgehead atoms. The van der Waals surface area contributed by atoms with Gasteiger partial charge in [0.15, 0.2) is 0 Å². The van der Waals surface area contributed by atoms with E-state index in [0.717, 1.165) is 49.9 Å². The molecule has 14 heteroatoms. The van der Waals surface area contributed by atoms with Crippen LogP contribution in [-0.4, -0.2) is 47.1 Å². The molecule has 46 heavy (non-hydrogen) atoms. The molecule has 2 heterocycles. The Morgan fingerprint density at radius 2 is 1.63 bits per heavy atom. The van der Waals surface area contributed by atoms with Gasteiger partial charge in [-0.05, 0) is 88.8 Å². The van der Waals surface area contributed by atoms with Gasteiger partial charge < -0.3 is 15.4 Å². The van der Waals surface area contributed by atoms with E-state index in [2.05, 4.69) is 30.3 Å². The Morgan fingerprint density at radius 1 is 0.957 bits per heavy atom. The lowest BCUT2D eigenvalue weighted by Gasteiger charge is -2.30. The van der Waals surface area contributed by atoms with Gasteiger partial charge in [-0.2, -0.15) is 0 Å². The predicted octanol–water partition coefficient (Wildman–Crippen LogP) is 6.61. The average molecular weight is 657 g/mol. The van der Waals surface area contributed by atoms with Crippen molar-refractivity contribution in [1.82, 2.24) is 20.3 Å². The van der Waals surface area contributed by atoms with Crippen molar-refractivity contribution in [3.63, 3.8) is 0 Å². The summed E-state index contributed by atoms with van der Waals surface area (Å²) in [6, 6.07) is 8.15. The van der Waals surface area contributed by atoms with Gasteiger partial charge in [-0.3, -0.25) is 4.72 Å². The highest BCUT2D eigenvalue weighted by Crippen LogP contribution is 2.30. The zero-order chi connectivity index (χ0) is 33.2. The van der Waals surface area contributed by atoms with E-state index in [-0.39, 0.29) is 28.9 Å². The van der Waals surface area contributed by atoms with Crippen LogP contribution < -0.4 is 15.4 Å². The first-order chi connectivity index (χ1) is 21.6. The highest BCUT2D eigenvalue weighted by Gasteiger charge is 2.25. The van der Waals surface area contributed by atoms with Gasteiger partial charge in [0.05, 0.1) is 28.8 Å². The van der Waals surface area contributed by atoms with E-state index >= 15 is 8.78 Å². The zero-order valence-electron chi connectivity index (χ0n) is 25.8. The summed E-state index contributed by atoms with van der Waals surface area (Å²) in [6.45, 7) is 7.23. The number of nitrogens with zero attached hydrogens (tertiary/aromatic N) is 3. The van der Waals surface area contributed by atoms with E-state index in [1.54, 1.807) is 13.0 Å². The van der Waals surface area contributed by atoms with Gasteiger partial charge in [-0.1, -0.05) is 12.1 Å². The molecule has 0 spiro atoms. The van der Waals surface area contributed by atoms with E-state index in [4.69, 9.17) is 4.74 Å². The number of hydrogen-bond acceptors (Lipinski definition) is 8. The van der Waals surface area contributed by atoms with Crippen LogP contribution in [0.5, 0.6) is 0 Å². The van der Waals surface area contributed by atoms with E-state index in [1.807, 2.05) is 20.8 Å². The summed E-state index contributed by atoms with van der Waals surface area (Å²) in [5.74, 6) is -2.55. The average Bonchev–Trinajstić information content (AvgIpc) is 2.96. The Hall–Kier alpha value is -4.46. The number of sulfonamides is 1. The number of aromatic nitrogens is 3. The first-order valence-electron chi connectivity index (χ1n) is 14.8. The highest BCUT2D eigenvalue weighted by molar-refractivity contribution is 7.91. The minimum atomic E-state index is -4.12. The van der Waals surface area contributed by atoms with Crippen molar-refractivity contribution >= 4 is 38.8 Å². The van der Waals surface area contributed by atoms with Crippen LogP contribution >= 0.6 is 0 Å². The molecule has 1 aliphatic carbocycles. The van der Waals surface area contributed by atoms with Gasteiger partial charge >= 0.3 is 6.09 Å². The lowest BCUT2D eigenvalue weighted by atomic mass is 9.91. The molecule has 0 aliphatic heterocycles. The largest absolute Gasteiger partial charge is 0.444 e. The summed E-state index contributed by atoms with van der Waals surface area (Å²) in [7, 11) is -4.12. The first kappa shape index (κ1) is 32.9. The summed E-state index contributed by atoms with van der Waals surface area (Å²) in [4.78, 5) is 25.5. The molecule has 10 nitrogen and oxygen atoms in total. The number of ether oxygens (including phenoxy) is 1. The number of benzene rings is 2. The van der Waals surface area contributed by atoms with Crippen molar-refractivity contribution in [2.45, 2.75) is 76.8 Å². The van der Waals surface area contributed by atoms with Gasteiger partial charge in [0.25, 0.3) is 0 Å². The van der Waals surface area contributed by atoms with Crippen LogP contribution in [0.3, 0.4) is 0 Å². The van der Waals surface area contributed by atoms with Gasteiger partial charge in [0.2, 0.25) is 16.0 Å². The SMILES string of the molecule is Cc1cc(-c2cc(F)c(NS(=O)(=O)Cc3ccc(F)cc3)cc2F)nc2cnc(NC3CCC(NC(=O)OC(C)(C)C)CC3)nc12. The molecule has 2 aromatic carbocycles. The molecule has 3 N–H and O–H groups in total. The summed E-state index contributed by atoms with van der Waals surface area (Å²) in [6.07, 6.45) is 4.20. The second kappa shape index (κ2) is 13.1. The van der Waals surface area contributed by atoms with Crippen molar-refractivity contribution in [3.05, 3.63) is 77.2 Å². The van der Waals surface area contributed by atoms with E-state index < -0.39 is 50.6 Å². The Morgan fingerprint density at radius 3 is 2.30 bits per heavy atom. The Balaban J connectivity index is 1.25. The molecular weight excluding hydrogens is 621 g/mol. The maximum Gasteiger partial charge on any atom is 0.407 e. The predicted molar refractivity (Wildman–Crippen MR) is 169 cm³/mol. The minimum Gasteiger partial charge on any atom is -0.444 e. The van der Waals surface area contributed by atoms with Crippen LogP contribution in [-0.2, 0) is 20.5 Å². The fraction of sp³-hybridized carbons (Fsp3) is 0.375. The summed E-state index contributed by atoms with van der Waals surface area (Å²) in [5, 5.41) is 6.26. The number of carbonyl (C=O) groups is 1. The van der Waals surface area contributed by atoms with E-state index in [1.165, 1.54) is 18.3 Å². The molecule has 0 unspecified atom stereocenters. The molecule has 0 saturated heterocycles. The van der Waals surface area contributed by atoms with Crippen LogP contribution in [0, 0.1) is 24.4 Å². The molecule has 244 valence electrons. The number of fused-ring (bicyclic) bond motifs is 1. The Labute approximate surface area is 265 Å². The number of alkyl carbamates (subject to hydrolysis) is 1. The number of rotatable bonds is 8. The standard InChI is InChI=1S/C32H35F3N6O4S/c1-18-13-26(23-14-25(35)27(15-24(23)34)41-46(43,44)17-19-5-7-20(33)8-6-19)39-28-16-36-30(40-29(18)28)37-21-9-11-22(12-10-21)38-31(42)45-32(2,3)4/h5-8,13-16,21-22,41H,9-12,17H2,1-4H3,(H,38,42)(H,36,37,40). The molecule has 1 fully saturated rings. The highest BCUT2D eigenvalue weighted by atomic mass is 32.2. The number of anilines is 2. The Bertz CT molecular complexity index is 1860. The van der Waals surface area contributed by atoms with Gasteiger partial charge in [-0.15, -0.1) is 0 Å². The molecule has 0 atom stereocenters. The maximum atomic E-state index is 15.2. The fourth-order valence-electron chi connectivity index (χ4n) is 5.25. The molecular formula is C32H35F3N6O4S. The molecule has 1 amide bonds. The van der Waals surface area contributed by atoms with Crippen molar-refractivity contribution < 1.29 is 31.1 Å². The van der Waals surface area contributed by atoms with Crippen LogP contribution in [0.25, 0.3) is 22.3 Å². The quantitative estimate of drug-likeness (QED) is 0.193. The lowest BCUT2D eigenvalue weighted by Crippen LogP contribution is -2.42. The normalized spacial score (nSPS) is 17.0. The van der Waals surface area contributed by atoms with Gasteiger partial charge in [0, 0.05) is 23.7 Å². The summed E-state index contributed by atoms with van der Waals surface area (Å²) in [5.41, 5.74) is 0.680. The molecule has 4 aromatic rings. The first-order valence-corrected chi connectivity index (χ1v) is 16.4. The van der Waals surface area contributed by atoms with Crippen molar-refractivity contribution in [3.8, 4) is 11.3 Å². The number of halogens is 3. The van der Waals surface area contributed by atoms with Crippen molar-refractivity contribution in [2.24, 2.45) is 0 Å². The van der Waals surface area contributed by atoms with E-state index in [0.29, 0.717) is 22.5 Å². The molecule has 5 rings (SSSR count). The van der Waals surface area contributed by atoms with Crippen LogP contribution in [0.1, 0.15) is 57.6 Å². The number of amides is 1. The van der Waals surface area contributed by atoms with Crippen molar-refractivity contribution in [1.29, 1.82) is 0 Å². The van der Waals surface area contributed by atoms with Crippen LogP contribution in [0.15, 0.2) is 48.7 Å². The summed E-state index contributed by atoms with van der Waals surface area (Å²) < 4.78 is 76.0. The maximum absolute atomic E-state index is 15.2. The minimum absolute atomic E-state index is 0.0243.